The van der Waals surface area contributed by atoms with E-state index >= 15 is 0 Å². The smallest absolute Gasteiger partial charge is 0.167 e. The Kier molecular flexibility index (Phi) is 3.50. The zero-order valence-corrected chi connectivity index (χ0v) is 10.6. The summed E-state index contributed by atoms with van der Waals surface area (Å²) in [6, 6.07) is 4.75. The second kappa shape index (κ2) is 5.08. The van der Waals surface area contributed by atoms with Crippen LogP contribution in [0, 0.1) is 19.7 Å². The SMILES string of the molecule is COc1ccc(NCc2c(C)noc2C)cc1F. The lowest BCUT2D eigenvalue weighted by Gasteiger charge is -2.08. The Balaban J connectivity index is 2.09. The van der Waals surface area contributed by atoms with Crippen LogP contribution in [0.4, 0.5) is 10.1 Å². The summed E-state index contributed by atoms with van der Waals surface area (Å²) in [4.78, 5) is 0. The Bertz CT molecular complexity index is 532. The molecule has 0 aliphatic carbocycles. The number of ether oxygens (including phenoxy) is 1. The minimum absolute atomic E-state index is 0.234. The van der Waals surface area contributed by atoms with E-state index in [1.807, 2.05) is 13.8 Å². The number of anilines is 1. The fourth-order valence-electron chi connectivity index (χ4n) is 1.72. The number of methoxy groups -OCH3 is 1. The number of aryl methyl sites for hydroxylation is 2. The average Bonchev–Trinajstić information content (AvgIpc) is 2.67. The highest BCUT2D eigenvalue weighted by molar-refractivity contribution is 5.48. The molecule has 0 amide bonds. The summed E-state index contributed by atoms with van der Waals surface area (Å²) < 4.78 is 23.4. The fourth-order valence-corrected chi connectivity index (χ4v) is 1.72. The van der Waals surface area contributed by atoms with Gasteiger partial charge in [0.25, 0.3) is 0 Å². The molecule has 4 nitrogen and oxygen atoms in total. The number of nitrogens with zero attached hydrogens (tertiary/aromatic N) is 1. The van der Waals surface area contributed by atoms with Crippen LogP contribution in [-0.2, 0) is 6.54 Å². The number of benzene rings is 1. The van der Waals surface area contributed by atoms with Crippen molar-refractivity contribution in [3.8, 4) is 5.75 Å². The summed E-state index contributed by atoms with van der Waals surface area (Å²) >= 11 is 0. The quantitative estimate of drug-likeness (QED) is 0.906. The number of rotatable bonds is 4. The van der Waals surface area contributed by atoms with Crippen molar-refractivity contribution in [2.45, 2.75) is 20.4 Å². The van der Waals surface area contributed by atoms with Gasteiger partial charge in [-0.1, -0.05) is 5.16 Å². The number of halogens is 1. The molecule has 2 aromatic rings. The van der Waals surface area contributed by atoms with Crippen LogP contribution in [0.15, 0.2) is 22.7 Å². The Morgan fingerprint density at radius 1 is 1.39 bits per heavy atom. The summed E-state index contributed by atoms with van der Waals surface area (Å²) in [6.07, 6.45) is 0. The Labute approximate surface area is 105 Å². The molecule has 0 bridgehead atoms. The lowest BCUT2D eigenvalue weighted by molar-refractivity contribution is 0.386. The molecule has 0 saturated carbocycles. The Morgan fingerprint density at radius 3 is 2.72 bits per heavy atom. The maximum Gasteiger partial charge on any atom is 0.167 e. The normalized spacial score (nSPS) is 10.4. The first-order valence-electron chi connectivity index (χ1n) is 5.61. The molecular formula is C13H15FN2O2. The van der Waals surface area contributed by atoms with Crippen LogP contribution >= 0.6 is 0 Å². The van der Waals surface area contributed by atoms with Crippen molar-refractivity contribution in [3.63, 3.8) is 0 Å². The Hall–Kier alpha value is -2.04. The number of aromatic nitrogens is 1. The van der Waals surface area contributed by atoms with Gasteiger partial charge in [-0.2, -0.15) is 0 Å². The van der Waals surface area contributed by atoms with Gasteiger partial charge in [0.15, 0.2) is 11.6 Å². The highest BCUT2D eigenvalue weighted by Crippen LogP contribution is 2.21. The fraction of sp³-hybridized carbons (Fsp3) is 0.308. The van der Waals surface area contributed by atoms with Gasteiger partial charge in [0.05, 0.1) is 12.8 Å². The largest absolute Gasteiger partial charge is 0.494 e. The molecule has 0 spiro atoms. The summed E-state index contributed by atoms with van der Waals surface area (Å²) in [5, 5.41) is 6.99. The molecule has 0 aliphatic rings. The first-order valence-corrected chi connectivity index (χ1v) is 5.61. The van der Waals surface area contributed by atoms with E-state index in [-0.39, 0.29) is 11.6 Å². The van der Waals surface area contributed by atoms with Gasteiger partial charge >= 0.3 is 0 Å². The molecule has 1 N–H and O–H groups in total. The first-order chi connectivity index (χ1) is 8.61. The topological polar surface area (TPSA) is 47.3 Å². The number of hydrogen-bond acceptors (Lipinski definition) is 4. The molecule has 0 unspecified atom stereocenters. The van der Waals surface area contributed by atoms with Gasteiger partial charge in [0.1, 0.15) is 5.76 Å². The molecule has 96 valence electrons. The van der Waals surface area contributed by atoms with E-state index in [1.54, 1.807) is 12.1 Å². The van der Waals surface area contributed by atoms with E-state index in [2.05, 4.69) is 10.5 Å². The summed E-state index contributed by atoms with van der Waals surface area (Å²) in [5.74, 6) is 0.619. The van der Waals surface area contributed by atoms with E-state index in [9.17, 15) is 4.39 Å². The van der Waals surface area contributed by atoms with E-state index in [0.717, 1.165) is 17.0 Å². The molecule has 0 aliphatic heterocycles. The summed E-state index contributed by atoms with van der Waals surface area (Å²) in [6.45, 7) is 4.28. The second-order valence-corrected chi connectivity index (χ2v) is 4.01. The maximum absolute atomic E-state index is 13.5. The molecule has 1 aromatic heterocycles. The van der Waals surface area contributed by atoms with Crippen molar-refractivity contribution in [1.82, 2.24) is 5.16 Å². The van der Waals surface area contributed by atoms with Crippen LogP contribution in [0.1, 0.15) is 17.0 Å². The monoisotopic (exact) mass is 250 g/mol. The van der Waals surface area contributed by atoms with Gasteiger partial charge < -0.3 is 14.6 Å². The average molecular weight is 250 g/mol. The van der Waals surface area contributed by atoms with Crippen molar-refractivity contribution in [1.29, 1.82) is 0 Å². The van der Waals surface area contributed by atoms with Crippen LogP contribution in [-0.4, -0.2) is 12.3 Å². The van der Waals surface area contributed by atoms with Crippen LogP contribution in [0.3, 0.4) is 0 Å². The predicted molar refractivity (Wildman–Crippen MR) is 66.3 cm³/mol. The molecule has 1 heterocycles. The Morgan fingerprint density at radius 2 is 2.17 bits per heavy atom. The molecule has 0 atom stereocenters. The van der Waals surface area contributed by atoms with Gasteiger partial charge in [0, 0.05) is 23.9 Å². The molecule has 0 saturated heterocycles. The van der Waals surface area contributed by atoms with Gasteiger partial charge in [-0.3, -0.25) is 0 Å². The second-order valence-electron chi connectivity index (χ2n) is 4.01. The summed E-state index contributed by atoms with van der Waals surface area (Å²) in [5.41, 5.74) is 2.52. The van der Waals surface area contributed by atoms with Gasteiger partial charge in [-0.05, 0) is 26.0 Å². The van der Waals surface area contributed by atoms with E-state index < -0.39 is 0 Å². The maximum atomic E-state index is 13.5. The van der Waals surface area contributed by atoms with E-state index in [1.165, 1.54) is 13.2 Å². The third-order valence-corrected chi connectivity index (χ3v) is 2.80. The molecule has 1 aromatic carbocycles. The van der Waals surface area contributed by atoms with Crippen molar-refractivity contribution >= 4 is 5.69 Å². The first kappa shape index (κ1) is 12.4. The minimum atomic E-state index is -0.388. The van der Waals surface area contributed by atoms with Crippen LogP contribution in [0.2, 0.25) is 0 Å². The zero-order chi connectivity index (χ0) is 13.1. The van der Waals surface area contributed by atoms with Crippen molar-refractivity contribution in [2.75, 3.05) is 12.4 Å². The van der Waals surface area contributed by atoms with Gasteiger partial charge in [-0.25, -0.2) is 4.39 Å². The molecular weight excluding hydrogens is 235 g/mol. The molecule has 18 heavy (non-hydrogen) atoms. The van der Waals surface area contributed by atoms with Crippen molar-refractivity contribution < 1.29 is 13.7 Å². The van der Waals surface area contributed by atoms with Crippen LogP contribution in [0.25, 0.3) is 0 Å². The zero-order valence-electron chi connectivity index (χ0n) is 10.6. The third kappa shape index (κ3) is 2.45. The van der Waals surface area contributed by atoms with Crippen molar-refractivity contribution in [3.05, 3.63) is 41.0 Å². The number of nitrogens with one attached hydrogen (secondary N) is 1. The predicted octanol–water partition coefficient (Wildman–Crippen LogP) is 3.05. The van der Waals surface area contributed by atoms with Crippen molar-refractivity contribution in [2.24, 2.45) is 0 Å². The van der Waals surface area contributed by atoms with E-state index in [4.69, 9.17) is 9.26 Å². The minimum Gasteiger partial charge on any atom is -0.494 e. The van der Waals surface area contributed by atoms with E-state index in [0.29, 0.717) is 12.2 Å². The lowest BCUT2D eigenvalue weighted by Crippen LogP contribution is -2.02. The number of hydrogen-bond donors (Lipinski definition) is 1. The highest BCUT2D eigenvalue weighted by Gasteiger charge is 2.09. The third-order valence-electron chi connectivity index (χ3n) is 2.80. The van der Waals surface area contributed by atoms with Gasteiger partial charge in [0.2, 0.25) is 0 Å². The molecule has 0 fully saturated rings. The molecule has 2 rings (SSSR count). The van der Waals surface area contributed by atoms with Crippen LogP contribution < -0.4 is 10.1 Å². The molecule has 0 radical (unpaired) electrons. The lowest BCUT2D eigenvalue weighted by atomic mass is 10.2. The van der Waals surface area contributed by atoms with Crippen LogP contribution in [0.5, 0.6) is 5.75 Å². The van der Waals surface area contributed by atoms with Gasteiger partial charge in [-0.15, -0.1) is 0 Å². The summed E-state index contributed by atoms with van der Waals surface area (Å²) in [7, 11) is 1.44. The highest BCUT2D eigenvalue weighted by atomic mass is 19.1. The molecule has 5 heteroatoms. The standard InChI is InChI=1S/C13H15FN2O2/c1-8-11(9(2)18-16-8)7-15-10-4-5-13(17-3)12(14)6-10/h4-6,15H,7H2,1-3H3.